The Hall–Kier alpha value is -2.38. The number of ether oxygens (including phenoxy) is 2. The lowest BCUT2D eigenvalue weighted by molar-refractivity contribution is 0.0988. The van der Waals surface area contributed by atoms with Gasteiger partial charge in [-0.2, -0.15) is 0 Å². The number of methoxy groups -OCH3 is 2. The Morgan fingerprint density at radius 2 is 1.93 bits per heavy atom. The number of nitrogens with zero attached hydrogens (tertiary/aromatic N) is 2. The number of hydrogen-bond acceptors (Lipinski definition) is 5. The lowest BCUT2D eigenvalue weighted by Gasteiger charge is -2.29. The summed E-state index contributed by atoms with van der Waals surface area (Å²) in [6, 6.07) is 11.8. The van der Waals surface area contributed by atoms with Gasteiger partial charge in [-0.25, -0.2) is 4.98 Å². The molecule has 7 heteroatoms. The summed E-state index contributed by atoms with van der Waals surface area (Å²) in [5.74, 6) is 1.31. The van der Waals surface area contributed by atoms with E-state index < -0.39 is 0 Å². The molecule has 0 saturated carbocycles. The molecule has 3 aromatic rings. The first-order chi connectivity index (χ1) is 14.0. The topological polar surface area (TPSA) is 51.7 Å². The van der Waals surface area contributed by atoms with Crippen molar-refractivity contribution in [2.45, 2.75) is 19.8 Å². The van der Waals surface area contributed by atoms with E-state index >= 15 is 0 Å². The fourth-order valence-corrected chi connectivity index (χ4v) is 5.01. The van der Waals surface area contributed by atoms with Gasteiger partial charge in [0.2, 0.25) is 0 Å². The molecule has 1 aliphatic rings. The zero-order valence-corrected chi connectivity index (χ0v) is 18.9. The van der Waals surface area contributed by atoms with Crippen molar-refractivity contribution in [1.82, 2.24) is 4.98 Å². The van der Waals surface area contributed by atoms with Crippen molar-refractivity contribution in [3.05, 3.63) is 57.0 Å². The molecule has 5 nitrogen and oxygen atoms in total. The second-order valence-electron chi connectivity index (χ2n) is 6.84. The third kappa shape index (κ3) is 3.76. The molecule has 0 N–H and O–H groups in total. The maximum Gasteiger partial charge on any atom is 0.270 e. The van der Waals surface area contributed by atoms with Gasteiger partial charge < -0.3 is 14.4 Å². The second-order valence-corrected chi connectivity index (χ2v) is 8.75. The van der Waals surface area contributed by atoms with Crippen molar-refractivity contribution in [2.75, 3.05) is 25.7 Å². The number of benzene rings is 2. The van der Waals surface area contributed by atoms with Gasteiger partial charge in [0.25, 0.3) is 5.91 Å². The predicted molar refractivity (Wildman–Crippen MR) is 120 cm³/mol. The van der Waals surface area contributed by atoms with Crippen molar-refractivity contribution in [3.8, 4) is 22.1 Å². The molecule has 0 spiro atoms. The summed E-state index contributed by atoms with van der Waals surface area (Å²) in [7, 11) is 3.21. The Balaban J connectivity index is 1.68. The van der Waals surface area contributed by atoms with Crippen LogP contribution in [0.5, 0.6) is 11.5 Å². The number of amides is 1. The van der Waals surface area contributed by atoms with Gasteiger partial charge >= 0.3 is 0 Å². The molecule has 2 aromatic carbocycles. The van der Waals surface area contributed by atoms with Crippen LogP contribution in [0.15, 0.2) is 40.9 Å². The molecule has 0 saturated heterocycles. The van der Waals surface area contributed by atoms with Crippen molar-refractivity contribution < 1.29 is 14.3 Å². The van der Waals surface area contributed by atoms with E-state index in [0.717, 1.165) is 45.8 Å². The normalized spacial score (nSPS) is 13.2. The number of halogens is 1. The van der Waals surface area contributed by atoms with E-state index in [1.807, 2.05) is 42.2 Å². The maximum absolute atomic E-state index is 13.4. The van der Waals surface area contributed by atoms with Gasteiger partial charge in [0, 0.05) is 22.3 Å². The largest absolute Gasteiger partial charge is 0.493 e. The molecule has 0 fully saturated rings. The standard InChI is InChI=1S/C22H21BrN2O3S/c1-13-20(22(26)25-10-4-5-14-11-16(23)7-8-17(14)25)29-21(24-13)15-6-9-18(27-2)19(12-15)28-3/h6-9,11-12H,4-5,10H2,1-3H3. The first kappa shape index (κ1) is 19.9. The second kappa shape index (κ2) is 8.16. The van der Waals surface area contributed by atoms with Crippen LogP contribution in [-0.2, 0) is 6.42 Å². The van der Waals surface area contributed by atoms with Gasteiger partial charge in [0.15, 0.2) is 11.5 Å². The number of anilines is 1. The molecule has 0 atom stereocenters. The van der Waals surface area contributed by atoms with Gasteiger partial charge in [-0.15, -0.1) is 11.3 Å². The minimum absolute atomic E-state index is 0.00926. The highest BCUT2D eigenvalue weighted by atomic mass is 79.9. The smallest absolute Gasteiger partial charge is 0.270 e. The Morgan fingerprint density at radius 3 is 2.69 bits per heavy atom. The summed E-state index contributed by atoms with van der Waals surface area (Å²) in [6.45, 7) is 2.61. The summed E-state index contributed by atoms with van der Waals surface area (Å²) in [5.41, 5.74) is 3.83. The number of aryl methyl sites for hydroxylation is 2. The summed E-state index contributed by atoms with van der Waals surface area (Å²) >= 11 is 4.94. The van der Waals surface area contributed by atoms with E-state index in [-0.39, 0.29) is 5.91 Å². The average molecular weight is 473 g/mol. The molecular formula is C22H21BrN2O3S. The minimum atomic E-state index is 0.00926. The number of carbonyl (C=O) groups is 1. The van der Waals surface area contributed by atoms with Crippen molar-refractivity contribution in [2.24, 2.45) is 0 Å². The molecule has 150 valence electrons. The van der Waals surface area contributed by atoms with Crippen LogP contribution in [0.2, 0.25) is 0 Å². The molecule has 0 aliphatic carbocycles. The Labute approximate surface area is 182 Å². The SMILES string of the molecule is COc1ccc(-c2nc(C)c(C(=O)N3CCCc4cc(Br)ccc43)s2)cc1OC. The van der Waals surface area contributed by atoms with Crippen LogP contribution < -0.4 is 14.4 Å². The third-order valence-electron chi connectivity index (χ3n) is 5.03. The summed E-state index contributed by atoms with van der Waals surface area (Å²) in [5, 5.41) is 0.792. The molecule has 0 bridgehead atoms. The van der Waals surface area contributed by atoms with Crippen LogP contribution in [0, 0.1) is 6.92 Å². The van der Waals surface area contributed by atoms with Crippen molar-refractivity contribution >= 4 is 38.9 Å². The molecular weight excluding hydrogens is 452 g/mol. The van der Waals surface area contributed by atoms with Crippen LogP contribution in [0.4, 0.5) is 5.69 Å². The number of hydrogen-bond donors (Lipinski definition) is 0. The van der Waals surface area contributed by atoms with Gasteiger partial charge in [-0.1, -0.05) is 15.9 Å². The van der Waals surface area contributed by atoms with Gasteiger partial charge in [-0.3, -0.25) is 4.79 Å². The summed E-state index contributed by atoms with van der Waals surface area (Å²) in [4.78, 5) is 20.6. The van der Waals surface area contributed by atoms with E-state index in [2.05, 4.69) is 27.0 Å². The highest BCUT2D eigenvalue weighted by Crippen LogP contribution is 2.37. The number of thiazole rings is 1. The number of rotatable bonds is 4. The monoisotopic (exact) mass is 472 g/mol. The Morgan fingerprint density at radius 1 is 1.14 bits per heavy atom. The molecule has 1 aromatic heterocycles. The van der Waals surface area contributed by atoms with E-state index in [1.54, 1.807) is 14.2 Å². The Bertz CT molecular complexity index is 1080. The van der Waals surface area contributed by atoms with Crippen molar-refractivity contribution in [3.63, 3.8) is 0 Å². The quantitative estimate of drug-likeness (QED) is 0.503. The zero-order chi connectivity index (χ0) is 20.5. The van der Waals surface area contributed by atoms with E-state index in [4.69, 9.17) is 9.47 Å². The van der Waals surface area contributed by atoms with Crippen LogP contribution in [0.3, 0.4) is 0 Å². The summed E-state index contributed by atoms with van der Waals surface area (Å²) < 4.78 is 11.7. The van der Waals surface area contributed by atoms with Gasteiger partial charge in [-0.05, 0) is 61.7 Å². The Kier molecular flexibility index (Phi) is 5.61. The fourth-order valence-electron chi connectivity index (χ4n) is 3.59. The maximum atomic E-state index is 13.4. The van der Waals surface area contributed by atoms with E-state index in [9.17, 15) is 4.79 Å². The number of fused-ring (bicyclic) bond motifs is 1. The molecule has 2 heterocycles. The highest BCUT2D eigenvalue weighted by Gasteiger charge is 2.27. The molecule has 1 amide bonds. The fraction of sp³-hybridized carbons (Fsp3) is 0.273. The van der Waals surface area contributed by atoms with Crippen molar-refractivity contribution in [1.29, 1.82) is 0 Å². The zero-order valence-electron chi connectivity index (χ0n) is 16.5. The predicted octanol–water partition coefficient (Wildman–Crippen LogP) is 5.49. The van der Waals surface area contributed by atoms with Crippen LogP contribution in [0.25, 0.3) is 10.6 Å². The highest BCUT2D eigenvalue weighted by molar-refractivity contribution is 9.10. The molecule has 0 unspecified atom stereocenters. The lowest BCUT2D eigenvalue weighted by atomic mass is 10.0. The number of aromatic nitrogens is 1. The molecule has 0 radical (unpaired) electrons. The van der Waals surface area contributed by atoms with Gasteiger partial charge in [0.1, 0.15) is 9.88 Å². The number of carbonyl (C=O) groups excluding carboxylic acids is 1. The summed E-state index contributed by atoms with van der Waals surface area (Å²) in [6.07, 6.45) is 1.94. The first-order valence-corrected chi connectivity index (χ1v) is 10.9. The minimum Gasteiger partial charge on any atom is -0.493 e. The van der Waals surface area contributed by atoms with Crippen LogP contribution >= 0.6 is 27.3 Å². The molecule has 4 rings (SSSR count). The van der Waals surface area contributed by atoms with Gasteiger partial charge in [0.05, 0.1) is 19.9 Å². The van der Waals surface area contributed by atoms with E-state index in [1.165, 1.54) is 16.9 Å². The van der Waals surface area contributed by atoms with E-state index in [0.29, 0.717) is 16.4 Å². The van der Waals surface area contributed by atoms with Crippen LogP contribution in [-0.4, -0.2) is 31.7 Å². The molecule has 1 aliphatic heterocycles. The average Bonchev–Trinajstić information content (AvgIpc) is 3.13. The lowest BCUT2D eigenvalue weighted by Crippen LogP contribution is -2.35. The van der Waals surface area contributed by atoms with Crippen LogP contribution in [0.1, 0.15) is 27.3 Å². The third-order valence-corrected chi connectivity index (χ3v) is 6.71. The first-order valence-electron chi connectivity index (χ1n) is 9.32. The molecule has 29 heavy (non-hydrogen) atoms.